The molecule has 0 unspecified atom stereocenters. The molecular formula is C14H36FIN2O2S. The van der Waals surface area contributed by atoms with Gasteiger partial charge in [0.15, 0.2) is 0 Å². The summed E-state index contributed by atoms with van der Waals surface area (Å²) in [6.07, 6.45) is 9.12. The molecule has 2 N–H and O–H groups in total. The van der Waals surface area contributed by atoms with Gasteiger partial charge in [-0.25, -0.2) is 13.6 Å². The first-order chi connectivity index (χ1) is 8.83. The van der Waals surface area contributed by atoms with E-state index >= 15 is 0 Å². The van der Waals surface area contributed by atoms with E-state index in [1.807, 2.05) is 0 Å². The maximum absolute atomic E-state index is 10.5. The summed E-state index contributed by atoms with van der Waals surface area (Å²) in [5.41, 5.74) is 0. The van der Waals surface area contributed by atoms with E-state index in [0.29, 0.717) is 6.42 Å². The fraction of sp³-hybridized carbons (Fsp3) is 1.00. The summed E-state index contributed by atoms with van der Waals surface area (Å²) >= 11 is 0. The van der Waals surface area contributed by atoms with Crippen LogP contribution >= 0.6 is 24.0 Å². The molecule has 0 radical (unpaired) electrons. The Kier molecular flexibility index (Phi) is 28.9. The largest absolute Gasteiger partial charge is 0.309 e. The molecule has 0 aromatic heterocycles. The molecule has 0 atom stereocenters. The van der Waals surface area contributed by atoms with Crippen molar-refractivity contribution in [3.05, 3.63) is 0 Å². The maximum atomic E-state index is 10.5. The highest BCUT2D eigenvalue weighted by Crippen LogP contribution is 2.05. The summed E-state index contributed by atoms with van der Waals surface area (Å²) in [7, 11) is 0.997. The van der Waals surface area contributed by atoms with Crippen molar-refractivity contribution in [3.63, 3.8) is 0 Å². The van der Waals surface area contributed by atoms with E-state index < -0.39 is 10.0 Å². The van der Waals surface area contributed by atoms with E-state index in [9.17, 15) is 8.42 Å². The molecule has 0 saturated carbocycles. The minimum Gasteiger partial charge on any atom is -0.309 e. The third kappa shape index (κ3) is 38.5. The minimum absolute atomic E-state index is 0. The van der Waals surface area contributed by atoms with E-state index in [1.54, 1.807) is 0 Å². The van der Waals surface area contributed by atoms with Gasteiger partial charge in [0.25, 0.3) is 0 Å². The van der Waals surface area contributed by atoms with Crippen LogP contribution in [-0.4, -0.2) is 39.7 Å². The standard InChI is InChI=1S/C8H19NO2S.C6H15N.FH.HI/c1-2-3-4-5-6-7-8-12(9,10)11;1-4-5-6-7(2)3;;/h2-8H2,1H3,(H2,9,10,11);4-6H2,1-3H3;2*1H. The van der Waals surface area contributed by atoms with Gasteiger partial charge < -0.3 is 4.90 Å². The van der Waals surface area contributed by atoms with Gasteiger partial charge in [-0.1, -0.05) is 52.4 Å². The number of hydrogen-bond acceptors (Lipinski definition) is 3. The summed E-state index contributed by atoms with van der Waals surface area (Å²) in [4.78, 5) is 2.21. The van der Waals surface area contributed by atoms with Crippen LogP contribution in [0.1, 0.15) is 65.2 Å². The SMILES string of the molecule is CCCCCCCCS(N)(=O)=O.CCCCN(C)C.F.I. The van der Waals surface area contributed by atoms with Crippen LogP contribution in [0.5, 0.6) is 0 Å². The summed E-state index contributed by atoms with van der Waals surface area (Å²) in [5.74, 6) is 0.138. The van der Waals surface area contributed by atoms with Crippen molar-refractivity contribution < 1.29 is 13.1 Å². The zero-order valence-corrected chi connectivity index (χ0v) is 17.3. The number of hydrogen-bond donors (Lipinski definition) is 1. The Labute approximate surface area is 148 Å². The van der Waals surface area contributed by atoms with Crippen molar-refractivity contribution in [2.24, 2.45) is 5.14 Å². The average molecular weight is 442 g/mol. The molecule has 0 saturated heterocycles. The van der Waals surface area contributed by atoms with Gasteiger partial charge in [0, 0.05) is 0 Å². The van der Waals surface area contributed by atoms with Gasteiger partial charge in [0.1, 0.15) is 0 Å². The molecule has 134 valence electrons. The van der Waals surface area contributed by atoms with Crippen LogP contribution in [0.25, 0.3) is 0 Å². The van der Waals surface area contributed by atoms with E-state index in [2.05, 4.69) is 32.8 Å². The molecule has 0 bridgehead atoms. The molecule has 0 heterocycles. The lowest BCUT2D eigenvalue weighted by Gasteiger charge is -2.05. The molecule has 0 aliphatic carbocycles. The monoisotopic (exact) mass is 442 g/mol. The Morgan fingerprint density at radius 3 is 1.62 bits per heavy atom. The van der Waals surface area contributed by atoms with E-state index in [1.165, 1.54) is 38.6 Å². The summed E-state index contributed by atoms with van der Waals surface area (Å²) < 4.78 is 21.0. The van der Waals surface area contributed by atoms with E-state index in [0.717, 1.165) is 12.8 Å². The first-order valence-corrected chi connectivity index (χ1v) is 9.20. The van der Waals surface area contributed by atoms with Gasteiger partial charge in [0.05, 0.1) is 5.75 Å². The molecule has 0 aliphatic heterocycles. The topological polar surface area (TPSA) is 63.4 Å². The number of rotatable bonds is 10. The summed E-state index contributed by atoms with van der Waals surface area (Å²) in [5, 5.41) is 4.85. The van der Waals surface area contributed by atoms with Crippen LogP contribution in [-0.2, 0) is 10.0 Å². The summed E-state index contributed by atoms with van der Waals surface area (Å²) in [6, 6.07) is 0. The smallest absolute Gasteiger partial charge is 0.209 e. The molecule has 0 fully saturated rings. The third-order valence-corrected chi connectivity index (χ3v) is 3.60. The van der Waals surface area contributed by atoms with Crippen molar-refractivity contribution in [2.45, 2.75) is 65.2 Å². The zero-order valence-electron chi connectivity index (χ0n) is 14.1. The fourth-order valence-electron chi connectivity index (χ4n) is 1.56. The van der Waals surface area contributed by atoms with Crippen LogP contribution in [0.3, 0.4) is 0 Å². The number of primary sulfonamides is 1. The molecule has 21 heavy (non-hydrogen) atoms. The minimum atomic E-state index is -3.22. The van der Waals surface area contributed by atoms with Gasteiger partial charge in [-0.3, -0.25) is 4.70 Å². The lowest BCUT2D eigenvalue weighted by Crippen LogP contribution is -2.16. The van der Waals surface area contributed by atoms with Crippen molar-refractivity contribution >= 4 is 34.0 Å². The number of unbranched alkanes of at least 4 members (excludes halogenated alkanes) is 6. The Hall–Kier alpha value is 0.530. The van der Waals surface area contributed by atoms with Crippen molar-refractivity contribution in [1.82, 2.24) is 4.90 Å². The lowest BCUT2D eigenvalue weighted by atomic mass is 10.1. The molecule has 0 aromatic rings. The highest BCUT2D eigenvalue weighted by molar-refractivity contribution is 14.0. The Balaban J connectivity index is -0.000000140. The van der Waals surface area contributed by atoms with Crippen LogP contribution in [0.2, 0.25) is 0 Å². The molecule has 7 heteroatoms. The second kappa shape index (κ2) is 20.5. The number of halogens is 2. The number of nitrogens with two attached hydrogens (primary N) is 1. The molecule has 4 nitrogen and oxygen atoms in total. The van der Waals surface area contributed by atoms with Gasteiger partial charge in [-0.2, -0.15) is 0 Å². The Bertz CT molecular complexity index is 276. The van der Waals surface area contributed by atoms with E-state index in [-0.39, 0.29) is 34.4 Å². The van der Waals surface area contributed by atoms with Crippen LogP contribution in [0.4, 0.5) is 4.70 Å². The highest BCUT2D eigenvalue weighted by Gasteiger charge is 2.00. The van der Waals surface area contributed by atoms with Gasteiger partial charge in [0.2, 0.25) is 10.0 Å². The number of nitrogens with zero attached hydrogens (tertiary/aromatic N) is 1. The average Bonchev–Trinajstić information content (AvgIpc) is 2.30. The first-order valence-electron chi connectivity index (χ1n) is 7.48. The molecule has 0 aromatic carbocycles. The Morgan fingerprint density at radius 1 is 0.857 bits per heavy atom. The van der Waals surface area contributed by atoms with Crippen molar-refractivity contribution in [3.8, 4) is 0 Å². The number of sulfonamides is 1. The summed E-state index contributed by atoms with van der Waals surface area (Å²) in [6.45, 7) is 5.60. The molecular weight excluding hydrogens is 406 g/mol. The van der Waals surface area contributed by atoms with E-state index in [4.69, 9.17) is 5.14 Å². The lowest BCUT2D eigenvalue weighted by molar-refractivity contribution is 0.398. The fourth-order valence-corrected chi connectivity index (χ4v) is 2.16. The Morgan fingerprint density at radius 2 is 1.29 bits per heavy atom. The predicted molar refractivity (Wildman–Crippen MR) is 103 cm³/mol. The molecule has 0 amide bonds. The van der Waals surface area contributed by atoms with Gasteiger partial charge in [-0.05, 0) is 33.5 Å². The van der Waals surface area contributed by atoms with Crippen LogP contribution in [0, 0.1) is 0 Å². The third-order valence-electron chi connectivity index (χ3n) is 2.74. The van der Waals surface area contributed by atoms with Crippen molar-refractivity contribution in [1.29, 1.82) is 0 Å². The first kappa shape index (κ1) is 29.5. The molecule has 0 rings (SSSR count). The molecule has 0 aliphatic rings. The quantitative estimate of drug-likeness (QED) is 0.414. The van der Waals surface area contributed by atoms with Crippen molar-refractivity contribution in [2.75, 3.05) is 26.4 Å². The second-order valence-electron chi connectivity index (χ2n) is 5.29. The zero-order chi connectivity index (χ0) is 15.1. The normalized spacial score (nSPS) is 10.2. The van der Waals surface area contributed by atoms with Gasteiger partial charge >= 0.3 is 0 Å². The highest BCUT2D eigenvalue weighted by atomic mass is 127. The predicted octanol–water partition coefficient (Wildman–Crippen LogP) is 3.75. The molecule has 0 spiro atoms. The second-order valence-corrected chi connectivity index (χ2v) is 7.03. The van der Waals surface area contributed by atoms with Gasteiger partial charge in [-0.15, -0.1) is 24.0 Å². The maximum Gasteiger partial charge on any atom is 0.209 e. The van der Waals surface area contributed by atoms with Crippen LogP contribution < -0.4 is 5.14 Å². The van der Waals surface area contributed by atoms with Crippen LogP contribution in [0.15, 0.2) is 0 Å².